The zero-order chi connectivity index (χ0) is 20.7. The highest BCUT2D eigenvalue weighted by molar-refractivity contribution is 5.60. The molecule has 2 atom stereocenters. The Kier molecular flexibility index (Phi) is 4.67. The Hall–Kier alpha value is -3.28. The van der Waals surface area contributed by atoms with Crippen molar-refractivity contribution in [3.05, 3.63) is 58.3 Å². The molecule has 1 unspecified atom stereocenters. The fourth-order valence-corrected chi connectivity index (χ4v) is 4.19. The van der Waals surface area contributed by atoms with Gasteiger partial charge in [-0.1, -0.05) is 24.3 Å². The Morgan fingerprint density at radius 1 is 1.18 bits per heavy atom. The molecule has 5 nitrogen and oxygen atoms in total. The number of rotatable bonds is 1. The third-order valence-corrected chi connectivity index (χ3v) is 5.45. The van der Waals surface area contributed by atoms with Gasteiger partial charge in [-0.15, -0.1) is 0 Å². The molecule has 0 amide bonds. The monoisotopic (exact) mass is 383 g/mol. The topological polar surface area (TPSA) is 101 Å². The number of likely N-dealkylation sites (N-methyl/N-ethyl adjacent to an activating group) is 1. The lowest BCUT2D eigenvalue weighted by molar-refractivity contribution is -0.138. The van der Waals surface area contributed by atoms with Crippen molar-refractivity contribution in [2.75, 3.05) is 20.1 Å². The summed E-state index contributed by atoms with van der Waals surface area (Å²) in [5.74, 6) is -1.81. The number of nitrogens with two attached hydrogens (primary N) is 1. The van der Waals surface area contributed by atoms with Crippen molar-refractivity contribution >= 4 is 0 Å². The average molecular weight is 383 g/mol. The van der Waals surface area contributed by atoms with Gasteiger partial charge in [-0.2, -0.15) is 29.0 Å². The van der Waals surface area contributed by atoms with Crippen LogP contribution in [0.3, 0.4) is 0 Å². The number of alkyl halides is 3. The van der Waals surface area contributed by atoms with Crippen LogP contribution in [0.25, 0.3) is 0 Å². The molecule has 8 heteroatoms. The molecule has 2 aliphatic rings. The molecule has 0 aromatic heterocycles. The molecule has 1 aromatic carbocycles. The minimum Gasteiger partial charge on any atom is -0.399 e. The Balaban J connectivity index is 2.40. The molecule has 0 fully saturated rings. The summed E-state index contributed by atoms with van der Waals surface area (Å²) in [5, 5.41) is 29.4. The molecule has 0 saturated carbocycles. The highest BCUT2D eigenvalue weighted by atomic mass is 19.4. The Morgan fingerprint density at radius 2 is 1.82 bits per heavy atom. The largest absolute Gasteiger partial charge is 0.416 e. The highest BCUT2D eigenvalue weighted by Crippen LogP contribution is 2.55. The van der Waals surface area contributed by atoms with Gasteiger partial charge in [-0.25, -0.2) is 0 Å². The fourth-order valence-electron chi connectivity index (χ4n) is 4.19. The van der Waals surface area contributed by atoms with Gasteiger partial charge in [0.15, 0.2) is 5.41 Å². The number of hydrogen-bond acceptors (Lipinski definition) is 5. The molecule has 0 spiro atoms. The first kappa shape index (κ1) is 19.5. The van der Waals surface area contributed by atoms with Crippen LogP contribution in [0.1, 0.15) is 17.0 Å². The van der Waals surface area contributed by atoms with Gasteiger partial charge in [0.05, 0.1) is 29.0 Å². The van der Waals surface area contributed by atoms with Crippen molar-refractivity contribution < 1.29 is 13.2 Å². The highest BCUT2D eigenvalue weighted by Gasteiger charge is 2.55. The van der Waals surface area contributed by atoms with Crippen molar-refractivity contribution in [3.63, 3.8) is 0 Å². The van der Waals surface area contributed by atoms with Gasteiger partial charge in [-0.3, -0.25) is 0 Å². The first-order valence-electron chi connectivity index (χ1n) is 8.49. The first-order valence-corrected chi connectivity index (χ1v) is 8.49. The van der Waals surface area contributed by atoms with E-state index in [1.807, 2.05) is 23.1 Å². The number of allylic oxidation sites excluding steroid dienone is 2. The summed E-state index contributed by atoms with van der Waals surface area (Å²) in [5.41, 5.74) is 3.18. The van der Waals surface area contributed by atoms with E-state index in [1.54, 1.807) is 13.1 Å². The number of halogens is 3. The smallest absolute Gasteiger partial charge is 0.399 e. The summed E-state index contributed by atoms with van der Waals surface area (Å²) >= 11 is 0. The van der Waals surface area contributed by atoms with E-state index in [0.29, 0.717) is 18.7 Å². The number of benzene rings is 1. The van der Waals surface area contributed by atoms with Gasteiger partial charge >= 0.3 is 6.18 Å². The Morgan fingerprint density at radius 3 is 2.39 bits per heavy atom. The molecule has 1 aromatic rings. The summed E-state index contributed by atoms with van der Waals surface area (Å²) in [6.45, 7) is 0.788. The summed E-state index contributed by atoms with van der Waals surface area (Å²) in [4.78, 5) is 1.87. The second-order valence-corrected chi connectivity index (χ2v) is 6.98. The van der Waals surface area contributed by atoms with Crippen LogP contribution in [-0.4, -0.2) is 25.0 Å². The molecule has 0 bridgehead atoms. The van der Waals surface area contributed by atoms with E-state index in [4.69, 9.17) is 5.73 Å². The molecule has 0 radical (unpaired) electrons. The molecule has 28 heavy (non-hydrogen) atoms. The molecule has 1 aliphatic heterocycles. The Labute approximate surface area is 160 Å². The van der Waals surface area contributed by atoms with Gasteiger partial charge in [-0.05, 0) is 24.3 Å². The van der Waals surface area contributed by atoms with E-state index >= 15 is 0 Å². The maximum absolute atomic E-state index is 13.7. The molecular formula is C20H16F3N5. The second kappa shape index (κ2) is 6.71. The SMILES string of the molecule is CN1CC=C2C(C#N)=C(N)C(C#N)(C#N)[C@H](c3ccccc3C(F)(F)F)C2C1. The summed E-state index contributed by atoms with van der Waals surface area (Å²) in [6.07, 6.45) is -2.92. The zero-order valence-electron chi connectivity index (χ0n) is 15.0. The van der Waals surface area contributed by atoms with Crippen LogP contribution in [0.5, 0.6) is 0 Å². The van der Waals surface area contributed by atoms with Crippen LogP contribution < -0.4 is 5.73 Å². The minimum absolute atomic E-state index is 0.0157. The average Bonchev–Trinajstić information content (AvgIpc) is 2.67. The van der Waals surface area contributed by atoms with E-state index in [1.165, 1.54) is 18.2 Å². The number of fused-ring (bicyclic) bond motifs is 1. The van der Waals surface area contributed by atoms with Crippen molar-refractivity contribution in [2.24, 2.45) is 17.1 Å². The van der Waals surface area contributed by atoms with Crippen LogP contribution in [0.4, 0.5) is 13.2 Å². The van der Waals surface area contributed by atoms with Crippen molar-refractivity contribution in [1.29, 1.82) is 15.8 Å². The van der Waals surface area contributed by atoms with Crippen LogP contribution in [0.2, 0.25) is 0 Å². The van der Waals surface area contributed by atoms with Crippen LogP contribution in [0.15, 0.2) is 47.2 Å². The molecule has 2 N–H and O–H groups in total. The third kappa shape index (κ3) is 2.72. The van der Waals surface area contributed by atoms with Crippen molar-refractivity contribution in [2.45, 2.75) is 12.1 Å². The Bertz CT molecular complexity index is 986. The lowest BCUT2D eigenvalue weighted by atomic mass is 9.57. The predicted molar refractivity (Wildman–Crippen MR) is 93.7 cm³/mol. The van der Waals surface area contributed by atoms with Crippen molar-refractivity contribution in [1.82, 2.24) is 4.90 Å². The number of hydrogen-bond donors (Lipinski definition) is 1. The van der Waals surface area contributed by atoms with Gasteiger partial charge in [0.1, 0.15) is 6.07 Å². The maximum Gasteiger partial charge on any atom is 0.416 e. The predicted octanol–water partition coefficient (Wildman–Crippen LogP) is 3.06. The lowest BCUT2D eigenvalue weighted by Gasteiger charge is -2.45. The molecule has 1 heterocycles. The number of nitrogens with zero attached hydrogens (tertiary/aromatic N) is 4. The van der Waals surface area contributed by atoms with Crippen LogP contribution in [-0.2, 0) is 6.18 Å². The van der Waals surface area contributed by atoms with Gasteiger partial charge in [0.25, 0.3) is 0 Å². The summed E-state index contributed by atoms with van der Waals surface area (Å²) < 4.78 is 41.2. The summed E-state index contributed by atoms with van der Waals surface area (Å²) in [7, 11) is 1.79. The molecule has 3 rings (SSSR count). The number of nitriles is 3. The second-order valence-electron chi connectivity index (χ2n) is 6.98. The zero-order valence-corrected chi connectivity index (χ0v) is 15.0. The van der Waals surface area contributed by atoms with Crippen LogP contribution >= 0.6 is 0 Å². The van der Waals surface area contributed by atoms with Crippen LogP contribution in [0, 0.1) is 45.3 Å². The molecule has 1 aliphatic carbocycles. The van der Waals surface area contributed by atoms with Gasteiger partial charge < -0.3 is 10.6 Å². The quantitative estimate of drug-likeness (QED) is 0.803. The molecular weight excluding hydrogens is 367 g/mol. The van der Waals surface area contributed by atoms with Crippen molar-refractivity contribution in [3.8, 4) is 18.2 Å². The first-order chi connectivity index (χ1) is 13.2. The van der Waals surface area contributed by atoms with E-state index < -0.39 is 29.0 Å². The van der Waals surface area contributed by atoms with Gasteiger partial charge in [0, 0.05) is 24.9 Å². The van der Waals surface area contributed by atoms with E-state index in [2.05, 4.69) is 0 Å². The molecule has 0 saturated heterocycles. The third-order valence-electron chi connectivity index (χ3n) is 5.45. The minimum atomic E-state index is -4.66. The van der Waals surface area contributed by atoms with E-state index in [0.717, 1.165) is 6.07 Å². The maximum atomic E-state index is 13.7. The normalized spacial score (nSPS) is 24.4. The molecule has 142 valence electrons. The van der Waals surface area contributed by atoms with E-state index in [-0.39, 0.29) is 16.8 Å². The van der Waals surface area contributed by atoms with Gasteiger partial charge in [0.2, 0.25) is 0 Å². The van der Waals surface area contributed by atoms with E-state index in [9.17, 15) is 29.0 Å². The fraction of sp³-hybridized carbons (Fsp3) is 0.350. The standard InChI is InChI=1S/C20H16F3N5/c1-28-7-6-12-14(8-24)18(27)19(10-25,11-26)17(15(12)9-28)13-4-2-3-5-16(13)20(21,22)23/h2-6,15,17H,7,9,27H2,1H3/t15?,17-/m1/s1. The summed E-state index contributed by atoms with van der Waals surface area (Å²) in [6, 6.07) is 10.6. The lowest BCUT2D eigenvalue weighted by Crippen LogP contribution is -2.47.